The number of carbonyl (C=O) groups excluding carboxylic acids is 1. The fourth-order valence-corrected chi connectivity index (χ4v) is 2.17. The van der Waals surface area contributed by atoms with Crippen LogP contribution in [0.5, 0.6) is 0 Å². The third-order valence-corrected chi connectivity index (χ3v) is 3.44. The van der Waals surface area contributed by atoms with E-state index in [0.29, 0.717) is 0 Å². The molecule has 0 bridgehead atoms. The summed E-state index contributed by atoms with van der Waals surface area (Å²) in [4.78, 5) is 11.5. The van der Waals surface area contributed by atoms with Crippen molar-refractivity contribution in [2.45, 2.75) is 31.6 Å². The molecule has 0 aromatic carbocycles. The van der Waals surface area contributed by atoms with Crippen LogP contribution in [0.25, 0.3) is 0 Å². The van der Waals surface area contributed by atoms with Crippen LogP contribution in [0, 0.1) is 5.92 Å². The van der Waals surface area contributed by atoms with Gasteiger partial charge in [0.15, 0.2) is 0 Å². The fraction of sp³-hybridized carbons (Fsp3) is 0.889. The highest BCUT2D eigenvalue weighted by atomic mass is 31.2. The lowest BCUT2D eigenvalue weighted by Crippen LogP contribution is -2.29. The van der Waals surface area contributed by atoms with Crippen LogP contribution < -0.4 is 0 Å². The van der Waals surface area contributed by atoms with Crippen LogP contribution in [0.1, 0.15) is 25.7 Å². The molecule has 0 atom stereocenters. The summed E-state index contributed by atoms with van der Waals surface area (Å²) in [6.45, 7) is 0. The van der Waals surface area contributed by atoms with Crippen molar-refractivity contribution in [3.8, 4) is 0 Å². The minimum Gasteiger partial charge on any atom is -0.394 e. The van der Waals surface area contributed by atoms with Crippen LogP contribution in [0.4, 0.5) is 8.78 Å². The largest absolute Gasteiger partial charge is 0.398 e. The van der Waals surface area contributed by atoms with E-state index < -0.39 is 26.4 Å². The van der Waals surface area contributed by atoms with Crippen LogP contribution in [0.3, 0.4) is 0 Å². The molecular formula is C9H15F2O4P. The molecule has 1 aliphatic carbocycles. The molecule has 1 aliphatic rings. The lowest BCUT2D eigenvalue weighted by molar-refractivity contribution is -0.143. The monoisotopic (exact) mass is 256 g/mol. The van der Waals surface area contributed by atoms with E-state index in [0.717, 1.165) is 0 Å². The van der Waals surface area contributed by atoms with Gasteiger partial charge in [-0.3, -0.25) is 4.79 Å². The van der Waals surface area contributed by atoms with E-state index in [1.165, 1.54) is 14.2 Å². The Morgan fingerprint density at radius 2 is 1.75 bits per heavy atom. The van der Waals surface area contributed by atoms with Gasteiger partial charge in [-0.15, -0.1) is 0 Å². The van der Waals surface area contributed by atoms with Crippen molar-refractivity contribution >= 4 is 14.6 Å². The molecule has 1 fully saturated rings. The van der Waals surface area contributed by atoms with Crippen molar-refractivity contribution in [2.24, 2.45) is 5.92 Å². The second-order valence-corrected chi connectivity index (χ2v) is 4.99. The van der Waals surface area contributed by atoms with Crippen LogP contribution in [-0.2, 0) is 18.4 Å². The van der Waals surface area contributed by atoms with E-state index in [1.54, 1.807) is 0 Å². The maximum atomic E-state index is 12.8. The molecule has 0 heterocycles. The van der Waals surface area contributed by atoms with Gasteiger partial charge in [0.1, 0.15) is 0 Å². The quantitative estimate of drug-likeness (QED) is 0.725. The van der Waals surface area contributed by atoms with Crippen molar-refractivity contribution in [3.63, 3.8) is 0 Å². The van der Waals surface area contributed by atoms with Gasteiger partial charge in [0.2, 0.25) is 5.92 Å². The third kappa shape index (κ3) is 3.92. The Morgan fingerprint density at radius 3 is 2.19 bits per heavy atom. The molecule has 94 valence electrons. The Morgan fingerprint density at radius 1 is 1.25 bits per heavy atom. The summed E-state index contributed by atoms with van der Waals surface area (Å²) in [5, 5.41) is 0. The lowest BCUT2D eigenvalue weighted by Gasteiger charge is -2.27. The number of rotatable bonds is 4. The van der Waals surface area contributed by atoms with Gasteiger partial charge in [-0.1, -0.05) is 0 Å². The number of hydrogen-bond acceptors (Lipinski definition) is 4. The topological polar surface area (TPSA) is 44.8 Å². The standard InChI is InChI=1S/C9H15F2O4P/c1-13-16(14-2)15-8(12)7-3-5-9(10,11)6-4-7/h7H,3-6H2,1-2H3. The van der Waals surface area contributed by atoms with E-state index >= 15 is 0 Å². The molecule has 0 N–H and O–H groups in total. The Kier molecular flexibility index (Phi) is 5.02. The van der Waals surface area contributed by atoms with Crippen molar-refractivity contribution in [3.05, 3.63) is 0 Å². The summed E-state index contributed by atoms with van der Waals surface area (Å²) >= 11 is 0. The zero-order chi connectivity index (χ0) is 12.2. The molecule has 1 saturated carbocycles. The summed E-state index contributed by atoms with van der Waals surface area (Å²) in [6.07, 6.45) is -0.208. The average Bonchev–Trinajstić information content (AvgIpc) is 2.25. The molecule has 0 aromatic rings. The second kappa shape index (κ2) is 5.84. The first-order chi connectivity index (χ1) is 7.48. The van der Waals surface area contributed by atoms with Crippen LogP contribution in [0.2, 0.25) is 0 Å². The first kappa shape index (κ1) is 13.7. The van der Waals surface area contributed by atoms with Crippen LogP contribution >= 0.6 is 8.60 Å². The third-order valence-electron chi connectivity index (χ3n) is 2.51. The van der Waals surface area contributed by atoms with Crippen molar-refractivity contribution in [1.29, 1.82) is 0 Å². The van der Waals surface area contributed by atoms with Crippen LogP contribution in [0.15, 0.2) is 0 Å². The van der Waals surface area contributed by atoms with Crippen LogP contribution in [-0.4, -0.2) is 26.1 Å². The van der Waals surface area contributed by atoms with E-state index in [2.05, 4.69) is 0 Å². The summed E-state index contributed by atoms with van der Waals surface area (Å²) in [5.74, 6) is -3.61. The van der Waals surface area contributed by atoms with Gasteiger partial charge in [0.05, 0.1) is 5.92 Å². The van der Waals surface area contributed by atoms with Gasteiger partial charge in [0.25, 0.3) is 0 Å². The Labute approximate surface area is 94.2 Å². The Bertz CT molecular complexity index is 236. The maximum Gasteiger partial charge on any atom is 0.398 e. The highest BCUT2D eigenvalue weighted by Gasteiger charge is 2.38. The van der Waals surface area contributed by atoms with Gasteiger partial charge in [0, 0.05) is 27.1 Å². The van der Waals surface area contributed by atoms with Gasteiger partial charge in [-0.25, -0.2) is 8.78 Å². The molecule has 0 spiro atoms. The Hall–Kier alpha value is -0.320. The zero-order valence-corrected chi connectivity index (χ0v) is 10.1. The predicted molar refractivity (Wildman–Crippen MR) is 53.9 cm³/mol. The van der Waals surface area contributed by atoms with Gasteiger partial charge in [-0.05, 0) is 12.8 Å². The minimum absolute atomic E-state index is 0.155. The fourth-order valence-electron chi connectivity index (χ4n) is 1.57. The van der Waals surface area contributed by atoms with E-state index in [4.69, 9.17) is 13.6 Å². The minimum atomic E-state index is -2.63. The SMILES string of the molecule is COP(OC)OC(=O)C1CCC(F)(F)CC1. The molecule has 7 heteroatoms. The molecule has 0 aromatic heterocycles. The summed E-state index contributed by atoms with van der Waals surface area (Å²) in [5.41, 5.74) is 0. The molecule has 0 aliphatic heterocycles. The first-order valence-electron chi connectivity index (χ1n) is 4.96. The molecular weight excluding hydrogens is 241 g/mol. The highest BCUT2D eigenvalue weighted by Crippen LogP contribution is 2.42. The number of hydrogen-bond donors (Lipinski definition) is 0. The number of carbonyl (C=O) groups is 1. The van der Waals surface area contributed by atoms with Gasteiger partial charge < -0.3 is 13.6 Å². The molecule has 0 unspecified atom stereocenters. The summed E-state index contributed by atoms with van der Waals surface area (Å²) in [7, 11) is 1.04. The van der Waals surface area contributed by atoms with Gasteiger partial charge in [-0.2, -0.15) is 0 Å². The van der Waals surface area contributed by atoms with Gasteiger partial charge >= 0.3 is 14.6 Å². The molecule has 0 radical (unpaired) electrons. The summed E-state index contributed by atoms with van der Waals surface area (Å²) in [6, 6.07) is 0. The molecule has 4 nitrogen and oxygen atoms in total. The number of halogens is 2. The Balaban J connectivity index is 2.38. The van der Waals surface area contributed by atoms with Crippen molar-refractivity contribution in [1.82, 2.24) is 0 Å². The summed E-state index contributed by atoms with van der Waals surface area (Å²) < 4.78 is 40.1. The molecule has 16 heavy (non-hydrogen) atoms. The maximum absolute atomic E-state index is 12.8. The van der Waals surface area contributed by atoms with E-state index in [-0.39, 0.29) is 25.7 Å². The second-order valence-electron chi connectivity index (χ2n) is 3.63. The van der Waals surface area contributed by atoms with Crippen molar-refractivity contribution < 1.29 is 27.1 Å². The highest BCUT2D eigenvalue weighted by molar-refractivity contribution is 7.42. The van der Waals surface area contributed by atoms with Crippen molar-refractivity contribution in [2.75, 3.05) is 14.2 Å². The lowest BCUT2D eigenvalue weighted by atomic mass is 9.87. The molecule has 0 amide bonds. The smallest absolute Gasteiger partial charge is 0.394 e. The number of alkyl halides is 2. The average molecular weight is 256 g/mol. The molecule has 0 saturated heterocycles. The van der Waals surface area contributed by atoms with E-state index in [1.807, 2.05) is 0 Å². The normalized spacial score (nSPS) is 21.1. The first-order valence-corrected chi connectivity index (χ1v) is 6.06. The molecule has 1 rings (SSSR count). The zero-order valence-electron chi connectivity index (χ0n) is 9.24. The predicted octanol–water partition coefficient (Wildman–Crippen LogP) is 2.87. The van der Waals surface area contributed by atoms with E-state index in [9.17, 15) is 13.6 Å².